The van der Waals surface area contributed by atoms with Crippen molar-refractivity contribution in [2.24, 2.45) is 5.11 Å². The fourth-order valence-corrected chi connectivity index (χ4v) is 3.79. The maximum atomic E-state index is 12.7. The lowest BCUT2D eigenvalue weighted by molar-refractivity contribution is -0.156. The van der Waals surface area contributed by atoms with Crippen molar-refractivity contribution in [3.05, 3.63) is 60.1 Å². The van der Waals surface area contributed by atoms with Gasteiger partial charge in [-0.05, 0) is 89.1 Å². The van der Waals surface area contributed by atoms with Crippen LogP contribution < -0.4 is 4.74 Å². The van der Waals surface area contributed by atoms with Crippen LogP contribution in [0.5, 0.6) is 11.6 Å². The Morgan fingerprint density at radius 2 is 2.15 bits per heavy atom. The Hall–Kier alpha value is -1.84. The summed E-state index contributed by atoms with van der Waals surface area (Å²) < 4.78 is 13.0. The van der Waals surface area contributed by atoms with Crippen LogP contribution in [0.15, 0.2) is 40.0 Å². The van der Waals surface area contributed by atoms with Gasteiger partial charge in [-0.3, -0.25) is 4.79 Å². The number of halogens is 2. The lowest BCUT2D eigenvalue weighted by atomic mass is 9.79. The molecular weight excluding hydrogens is 527 g/mol. The van der Waals surface area contributed by atoms with Crippen molar-refractivity contribution >= 4 is 44.5 Å². The van der Waals surface area contributed by atoms with E-state index in [1.807, 2.05) is 12.1 Å². The van der Waals surface area contributed by atoms with Crippen LogP contribution in [0, 0.1) is 3.57 Å². The summed E-state index contributed by atoms with van der Waals surface area (Å²) in [4.78, 5) is 20.1. The van der Waals surface area contributed by atoms with E-state index in [1.165, 1.54) is 0 Å². The van der Waals surface area contributed by atoms with E-state index < -0.39 is 17.1 Å². The Bertz CT molecular complexity index is 916. The first-order chi connectivity index (χ1) is 12.6. The first-order valence-corrected chi connectivity index (χ1v) is 9.94. The summed E-state index contributed by atoms with van der Waals surface area (Å²) in [6, 6.07) is 7.25. The molecular formula is C18H16BrIN4O3. The Labute approximate surface area is 178 Å². The molecule has 1 unspecified atom stereocenters. The minimum Gasteiger partial charge on any atom is -0.460 e. The second-order valence-corrected chi connectivity index (χ2v) is 9.22. The summed E-state index contributed by atoms with van der Waals surface area (Å²) >= 11 is 5.55. The number of hydrogen-bond donors (Lipinski definition) is 0. The van der Waals surface area contributed by atoms with E-state index in [0.29, 0.717) is 27.2 Å². The SMILES string of the molecule is CC(C)(C)OC(=O)CC1(N=[N+]=[N-])c2cc(I)ccc2Oc2ncc(Br)cc21. The molecule has 1 aliphatic rings. The maximum Gasteiger partial charge on any atom is 0.307 e. The third-order valence-electron chi connectivity index (χ3n) is 3.89. The first kappa shape index (κ1) is 19.9. The Kier molecular flexibility index (Phi) is 5.38. The quantitative estimate of drug-likeness (QED) is 0.160. The number of esters is 1. The highest BCUT2D eigenvalue weighted by Crippen LogP contribution is 2.51. The number of carbonyl (C=O) groups excluding carboxylic acids is 1. The Morgan fingerprint density at radius 1 is 1.41 bits per heavy atom. The van der Waals surface area contributed by atoms with Crippen molar-refractivity contribution in [1.29, 1.82) is 0 Å². The molecule has 3 rings (SSSR count). The van der Waals surface area contributed by atoms with Crippen molar-refractivity contribution in [1.82, 2.24) is 4.98 Å². The number of aromatic nitrogens is 1. The van der Waals surface area contributed by atoms with Crippen molar-refractivity contribution in [3.8, 4) is 11.6 Å². The number of pyridine rings is 1. The minimum absolute atomic E-state index is 0.171. The average molecular weight is 543 g/mol. The van der Waals surface area contributed by atoms with E-state index in [1.54, 1.807) is 39.1 Å². The van der Waals surface area contributed by atoms with Gasteiger partial charge in [0.1, 0.15) is 16.9 Å². The molecule has 2 aromatic rings. The van der Waals surface area contributed by atoms with Crippen LogP contribution in [-0.4, -0.2) is 16.6 Å². The first-order valence-electron chi connectivity index (χ1n) is 8.07. The Balaban J connectivity index is 2.25. The van der Waals surface area contributed by atoms with Gasteiger partial charge in [-0.2, -0.15) is 0 Å². The lowest BCUT2D eigenvalue weighted by Gasteiger charge is -2.36. The fourth-order valence-electron chi connectivity index (χ4n) is 2.96. The van der Waals surface area contributed by atoms with Crippen LogP contribution in [0.2, 0.25) is 0 Å². The summed E-state index contributed by atoms with van der Waals surface area (Å²) in [5, 5.41) is 4.09. The molecule has 0 bridgehead atoms. The van der Waals surface area contributed by atoms with E-state index in [0.717, 1.165) is 3.57 Å². The number of benzene rings is 1. The highest BCUT2D eigenvalue weighted by molar-refractivity contribution is 14.1. The molecule has 140 valence electrons. The monoisotopic (exact) mass is 542 g/mol. The van der Waals surface area contributed by atoms with Crippen molar-refractivity contribution in [3.63, 3.8) is 0 Å². The van der Waals surface area contributed by atoms with Gasteiger partial charge >= 0.3 is 5.97 Å². The summed E-state index contributed by atoms with van der Waals surface area (Å²) in [6.45, 7) is 5.37. The summed E-state index contributed by atoms with van der Waals surface area (Å²) in [5.74, 6) is 0.309. The molecule has 1 aliphatic heterocycles. The van der Waals surface area contributed by atoms with E-state index >= 15 is 0 Å². The molecule has 27 heavy (non-hydrogen) atoms. The highest BCUT2D eigenvalue weighted by Gasteiger charge is 2.45. The molecule has 0 amide bonds. The summed E-state index contributed by atoms with van der Waals surface area (Å²) in [6.07, 6.45) is 1.42. The van der Waals surface area contributed by atoms with Crippen LogP contribution >= 0.6 is 38.5 Å². The highest BCUT2D eigenvalue weighted by atomic mass is 127. The second kappa shape index (κ2) is 7.29. The number of azide groups is 1. The van der Waals surface area contributed by atoms with Crippen LogP contribution in [0.3, 0.4) is 0 Å². The molecule has 7 nitrogen and oxygen atoms in total. The molecule has 0 saturated carbocycles. The molecule has 0 N–H and O–H groups in total. The third-order valence-corrected chi connectivity index (χ3v) is 5.00. The number of fused-ring (bicyclic) bond motifs is 2. The molecule has 0 saturated heterocycles. The van der Waals surface area contributed by atoms with Gasteiger partial charge in [-0.25, -0.2) is 4.98 Å². The number of hydrogen-bond acceptors (Lipinski definition) is 5. The third kappa shape index (κ3) is 4.04. The number of ether oxygens (including phenoxy) is 2. The van der Waals surface area contributed by atoms with Gasteiger partial charge in [0.05, 0.1) is 6.42 Å². The molecule has 0 aliphatic carbocycles. The van der Waals surface area contributed by atoms with Crippen LogP contribution in [0.25, 0.3) is 10.4 Å². The summed E-state index contributed by atoms with van der Waals surface area (Å²) in [5.41, 5.74) is 8.48. The molecule has 0 fully saturated rings. The van der Waals surface area contributed by atoms with E-state index in [9.17, 15) is 10.3 Å². The molecule has 2 heterocycles. The fraction of sp³-hybridized carbons (Fsp3) is 0.333. The van der Waals surface area contributed by atoms with Crippen LogP contribution in [-0.2, 0) is 15.1 Å². The smallest absolute Gasteiger partial charge is 0.307 e. The zero-order chi connectivity index (χ0) is 19.8. The maximum absolute atomic E-state index is 12.7. The summed E-state index contributed by atoms with van der Waals surface area (Å²) in [7, 11) is 0. The largest absolute Gasteiger partial charge is 0.460 e. The second-order valence-electron chi connectivity index (χ2n) is 7.06. The van der Waals surface area contributed by atoms with Crippen LogP contribution in [0.4, 0.5) is 0 Å². The van der Waals surface area contributed by atoms with Gasteiger partial charge < -0.3 is 9.47 Å². The van der Waals surface area contributed by atoms with E-state index in [4.69, 9.17) is 9.47 Å². The zero-order valence-electron chi connectivity index (χ0n) is 14.9. The molecule has 0 radical (unpaired) electrons. The molecule has 0 spiro atoms. The predicted molar refractivity (Wildman–Crippen MR) is 112 cm³/mol. The van der Waals surface area contributed by atoms with Crippen molar-refractivity contribution in [2.45, 2.75) is 38.3 Å². The standard InChI is InChI=1S/C18H16BrIN4O3/c1-17(2,3)27-15(25)8-18(23-24-21)12-7-11(20)4-5-14(12)26-16-13(18)6-10(19)9-22-16/h4-7,9H,8H2,1-3H3. The van der Waals surface area contributed by atoms with Gasteiger partial charge in [-0.15, -0.1) is 0 Å². The van der Waals surface area contributed by atoms with E-state index in [2.05, 4.69) is 53.5 Å². The van der Waals surface area contributed by atoms with Crippen LogP contribution in [0.1, 0.15) is 38.3 Å². The van der Waals surface area contributed by atoms with Gasteiger partial charge in [-0.1, -0.05) is 5.11 Å². The Morgan fingerprint density at radius 3 is 2.81 bits per heavy atom. The number of nitrogens with zero attached hydrogens (tertiary/aromatic N) is 4. The molecule has 1 aromatic carbocycles. The molecule has 1 aromatic heterocycles. The topological polar surface area (TPSA) is 97.2 Å². The predicted octanol–water partition coefficient (Wildman–Crippen LogP) is 5.84. The average Bonchev–Trinajstić information content (AvgIpc) is 2.55. The lowest BCUT2D eigenvalue weighted by Crippen LogP contribution is -2.35. The molecule has 9 heteroatoms. The number of rotatable bonds is 3. The zero-order valence-corrected chi connectivity index (χ0v) is 18.6. The van der Waals surface area contributed by atoms with Gasteiger partial charge in [0, 0.05) is 30.3 Å². The number of carbonyl (C=O) groups is 1. The van der Waals surface area contributed by atoms with Crippen molar-refractivity contribution in [2.75, 3.05) is 0 Å². The van der Waals surface area contributed by atoms with Gasteiger partial charge in [0.2, 0.25) is 5.88 Å². The van der Waals surface area contributed by atoms with Gasteiger partial charge in [0.15, 0.2) is 0 Å². The van der Waals surface area contributed by atoms with E-state index in [-0.39, 0.29) is 6.42 Å². The van der Waals surface area contributed by atoms with Gasteiger partial charge in [0.25, 0.3) is 0 Å². The molecule has 1 atom stereocenters. The normalized spacial score (nSPS) is 17.8. The van der Waals surface area contributed by atoms with Crippen molar-refractivity contribution < 1.29 is 14.3 Å². The minimum atomic E-state index is -1.32.